The number of aromatic nitrogens is 5. The monoisotopic (exact) mass is 489 g/mol. The van der Waals surface area contributed by atoms with Crippen LogP contribution in [0.2, 0.25) is 0 Å². The van der Waals surface area contributed by atoms with Crippen molar-refractivity contribution >= 4 is 34.2 Å². The Bertz CT molecular complexity index is 1480. The molecule has 3 heterocycles. The maximum absolute atomic E-state index is 15.5. The summed E-state index contributed by atoms with van der Waals surface area (Å²) in [5, 5.41) is 11.7. The van der Waals surface area contributed by atoms with Gasteiger partial charge in [0.15, 0.2) is 11.5 Å². The third-order valence-electron chi connectivity index (χ3n) is 5.89. The molecule has 4 aromatic rings. The number of alkyl halides is 3. The Morgan fingerprint density at radius 1 is 1.23 bits per heavy atom. The summed E-state index contributed by atoms with van der Waals surface area (Å²) in [6.45, 7) is 2.72. The van der Waals surface area contributed by atoms with E-state index in [4.69, 9.17) is 0 Å². The van der Waals surface area contributed by atoms with Crippen molar-refractivity contribution in [3.05, 3.63) is 41.7 Å². The molecule has 5 rings (SSSR count). The van der Waals surface area contributed by atoms with Crippen LogP contribution in [0, 0.1) is 11.7 Å². The van der Waals surface area contributed by atoms with Crippen LogP contribution in [0.25, 0.3) is 27.8 Å². The van der Waals surface area contributed by atoms with E-state index >= 15 is 4.39 Å². The third-order valence-corrected chi connectivity index (χ3v) is 5.89. The van der Waals surface area contributed by atoms with E-state index in [1.165, 1.54) is 43.0 Å². The maximum atomic E-state index is 15.5. The van der Waals surface area contributed by atoms with Gasteiger partial charge in [-0.05, 0) is 13.3 Å². The topological polar surface area (TPSA) is 117 Å². The number of carbonyl (C=O) groups excluding carboxylic acids is 2. The molecule has 1 aromatic carbocycles. The number of nitrogens with one attached hydrogen (secondary N) is 3. The van der Waals surface area contributed by atoms with Crippen LogP contribution in [0.1, 0.15) is 43.9 Å². The minimum Gasteiger partial charge on any atom is -0.350 e. The van der Waals surface area contributed by atoms with Crippen LogP contribution in [0.4, 0.5) is 23.4 Å². The number of anilines is 1. The van der Waals surface area contributed by atoms with Crippen LogP contribution in [0.15, 0.2) is 24.8 Å². The molecule has 0 saturated heterocycles. The van der Waals surface area contributed by atoms with Crippen molar-refractivity contribution in [3.8, 4) is 11.3 Å². The number of amides is 2. The summed E-state index contributed by atoms with van der Waals surface area (Å²) < 4.78 is 58.5. The zero-order valence-corrected chi connectivity index (χ0v) is 18.4. The first-order valence-corrected chi connectivity index (χ1v) is 10.7. The van der Waals surface area contributed by atoms with E-state index in [0.717, 1.165) is 0 Å². The van der Waals surface area contributed by atoms with Crippen molar-refractivity contribution in [2.24, 2.45) is 5.92 Å². The first-order chi connectivity index (χ1) is 16.7. The number of fused-ring (bicyclic) bond motifs is 2. The summed E-state index contributed by atoms with van der Waals surface area (Å²) in [5.41, 5.74) is -0.748. The van der Waals surface area contributed by atoms with Crippen LogP contribution >= 0.6 is 0 Å². The van der Waals surface area contributed by atoms with Gasteiger partial charge in [0.25, 0.3) is 6.43 Å². The number of hydrogen-bond donors (Lipinski definition) is 3. The van der Waals surface area contributed by atoms with Gasteiger partial charge in [-0.15, -0.1) is 0 Å². The van der Waals surface area contributed by atoms with Gasteiger partial charge in [0.05, 0.1) is 47.3 Å². The second kappa shape index (κ2) is 8.32. The Balaban J connectivity index is 1.62. The second-order valence-electron chi connectivity index (χ2n) is 8.41. The SMILES string of the molecule is CC(=O)NC(C)c1c(F)c(C(F)F)c(-c2cn3cc(NC(=O)C4CC4F)nc3cn2)c2cn[nH]c12. The highest BCUT2D eigenvalue weighted by Crippen LogP contribution is 2.42. The predicted molar refractivity (Wildman–Crippen MR) is 117 cm³/mol. The van der Waals surface area contributed by atoms with E-state index in [9.17, 15) is 22.8 Å². The Morgan fingerprint density at radius 3 is 2.63 bits per heavy atom. The van der Waals surface area contributed by atoms with E-state index in [-0.39, 0.29) is 45.6 Å². The van der Waals surface area contributed by atoms with Gasteiger partial charge in [-0.3, -0.25) is 19.7 Å². The number of hydrogen-bond acceptors (Lipinski definition) is 5. The van der Waals surface area contributed by atoms with Gasteiger partial charge in [-0.1, -0.05) is 0 Å². The molecule has 0 spiro atoms. The highest BCUT2D eigenvalue weighted by Gasteiger charge is 2.43. The van der Waals surface area contributed by atoms with Gasteiger partial charge in [0.2, 0.25) is 11.8 Å². The summed E-state index contributed by atoms with van der Waals surface area (Å²) in [5.74, 6) is -2.70. The average molecular weight is 489 g/mol. The third kappa shape index (κ3) is 3.96. The first kappa shape index (κ1) is 22.7. The lowest BCUT2D eigenvalue weighted by Crippen LogP contribution is -2.25. The van der Waals surface area contributed by atoms with E-state index in [1.807, 2.05) is 0 Å². The zero-order chi connectivity index (χ0) is 25.0. The fourth-order valence-electron chi connectivity index (χ4n) is 4.20. The molecule has 35 heavy (non-hydrogen) atoms. The fraction of sp³-hybridized carbons (Fsp3) is 0.318. The van der Waals surface area contributed by atoms with Crippen LogP contribution in [0.3, 0.4) is 0 Å². The van der Waals surface area contributed by atoms with Crippen LogP contribution in [-0.2, 0) is 9.59 Å². The molecule has 0 aliphatic heterocycles. The number of H-pyrrole nitrogens is 1. The Morgan fingerprint density at radius 2 is 1.97 bits per heavy atom. The molecule has 0 radical (unpaired) electrons. The molecule has 182 valence electrons. The summed E-state index contributed by atoms with van der Waals surface area (Å²) in [4.78, 5) is 31.9. The number of aromatic amines is 1. The van der Waals surface area contributed by atoms with Crippen molar-refractivity contribution in [1.82, 2.24) is 29.9 Å². The Kier molecular flexibility index (Phi) is 5.41. The number of imidazole rings is 1. The molecule has 3 unspecified atom stereocenters. The molecular formula is C22H19F4N7O2. The molecule has 0 bridgehead atoms. The average Bonchev–Trinajstić information content (AvgIpc) is 3.16. The Hall–Kier alpha value is -4.03. The molecule has 2 amide bonds. The zero-order valence-electron chi connectivity index (χ0n) is 18.4. The molecule has 13 heteroatoms. The standard InChI is InChI=1S/C22H19F4N7O2/c1-8(29-9(2)34)16-19(24)18(21(25)26)17(11-4-28-32-20(11)16)13-6-33-7-14(30-15(33)5-27-13)31-22(35)10-3-12(10)23/h4-8,10,12,21H,3H2,1-2H3,(H,28,32)(H,29,34)(H,31,35). The van der Waals surface area contributed by atoms with E-state index in [2.05, 4.69) is 30.8 Å². The molecule has 3 N–H and O–H groups in total. The summed E-state index contributed by atoms with van der Waals surface area (Å²) in [7, 11) is 0. The van der Waals surface area contributed by atoms with E-state index in [1.54, 1.807) is 0 Å². The maximum Gasteiger partial charge on any atom is 0.267 e. The minimum absolute atomic E-state index is 0.0121. The van der Waals surface area contributed by atoms with Gasteiger partial charge in [0.1, 0.15) is 12.0 Å². The molecule has 1 saturated carbocycles. The van der Waals surface area contributed by atoms with E-state index < -0.39 is 47.8 Å². The lowest BCUT2D eigenvalue weighted by molar-refractivity contribution is -0.119. The number of benzene rings is 1. The van der Waals surface area contributed by atoms with E-state index in [0.29, 0.717) is 0 Å². The van der Waals surface area contributed by atoms with Crippen LogP contribution in [-0.4, -0.2) is 42.6 Å². The second-order valence-corrected chi connectivity index (χ2v) is 8.41. The van der Waals surface area contributed by atoms with Gasteiger partial charge in [-0.2, -0.15) is 5.10 Å². The molecule has 3 atom stereocenters. The number of rotatable bonds is 6. The minimum atomic E-state index is -3.20. The molecule has 1 fully saturated rings. The number of carbonyl (C=O) groups is 2. The first-order valence-electron chi connectivity index (χ1n) is 10.7. The molecule has 1 aliphatic carbocycles. The summed E-state index contributed by atoms with van der Waals surface area (Å²) in [6, 6.07) is -0.910. The Labute approximate surface area is 194 Å². The van der Waals surface area contributed by atoms with Gasteiger partial charge in [-0.25, -0.2) is 22.5 Å². The highest BCUT2D eigenvalue weighted by molar-refractivity contribution is 5.98. The van der Waals surface area contributed by atoms with Gasteiger partial charge in [0, 0.05) is 29.6 Å². The quantitative estimate of drug-likeness (QED) is 0.356. The molecule has 1 aliphatic rings. The largest absolute Gasteiger partial charge is 0.350 e. The summed E-state index contributed by atoms with van der Waals surface area (Å²) in [6.07, 6.45) is 1.15. The van der Waals surface area contributed by atoms with Crippen molar-refractivity contribution < 1.29 is 27.2 Å². The van der Waals surface area contributed by atoms with Crippen LogP contribution < -0.4 is 10.6 Å². The molecular weight excluding hydrogens is 470 g/mol. The molecule has 9 nitrogen and oxygen atoms in total. The van der Waals surface area contributed by atoms with Crippen LogP contribution in [0.5, 0.6) is 0 Å². The number of halogens is 4. The lowest BCUT2D eigenvalue weighted by Gasteiger charge is -2.19. The summed E-state index contributed by atoms with van der Waals surface area (Å²) >= 11 is 0. The van der Waals surface area contributed by atoms with Gasteiger partial charge < -0.3 is 15.0 Å². The molecule has 3 aromatic heterocycles. The predicted octanol–water partition coefficient (Wildman–Crippen LogP) is 3.84. The van der Waals surface area contributed by atoms with Gasteiger partial charge >= 0.3 is 0 Å². The highest BCUT2D eigenvalue weighted by atomic mass is 19.3. The normalized spacial score (nSPS) is 18.3. The van der Waals surface area contributed by atoms with Crippen molar-refractivity contribution in [2.75, 3.05) is 5.32 Å². The fourth-order valence-corrected chi connectivity index (χ4v) is 4.20. The smallest absolute Gasteiger partial charge is 0.267 e. The lowest BCUT2D eigenvalue weighted by atomic mass is 9.93. The number of nitrogens with zero attached hydrogens (tertiary/aromatic N) is 4. The van der Waals surface area contributed by atoms with Crippen molar-refractivity contribution in [1.29, 1.82) is 0 Å². The van der Waals surface area contributed by atoms with Crippen molar-refractivity contribution in [3.63, 3.8) is 0 Å². The van der Waals surface area contributed by atoms with Crippen molar-refractivity contribution in [2.45, 2.75) is 38.9 Å².